The third-order valence-electron chi connectivity index (χ3n) is 9.12. The van der Waals surface area contributed by atoms with Crippen molar-refractivity contribution in [2.24, 2.45) is 7.05 Å². The van der Waals surface area contributed by atoms with Crippen LogP contribution in [0.1, 0.15) is 51.7 Å². The van der Waals surface area contributed by atoms with Gasteiger partial charge in [-0.05, 0) is 51.2 Å². The van der Waals surface area contributed by atoms with Crippen molar-refractivity contribution in [3.8, 4) is 17.5 Å². The molecule has 0 unspecified atom stereocenters. The van der Waals surface area contributed by atoms with Gasteiger partial charge in [-0.1, -0.05) is 36.1 Å². The highest BCUT2D eigenvalue weighted by Gasteiger charge is 2.24. The zero-order chi connectivity index (χ0) is 34.1. The Labute approximate surface area is 284 Å². The first-order chi connectivity index (χ1) is 23.8. The van der Waals surface area contributed by atoms with Crippen LogP contribution in [0.5, 0.6) is 0 Å². The van der Waals surface area contributed by atoms with Crippen molar-refractivity contribution in [2.75, 3.05) is 39.8 Å². The lowest BCUT2D eigenvalue weighted by Crippen LogP contribution is -2.45. The third kappa shape index (κ3) is 6.34. The first-order valence-corrected chi connectivity index (χ1v) is 16.4. The predicted octanol–water partition coefficient (Wildman–Crippen LogP) is 3.15. The summed E-state index contributed by atoms with van der Waals surface area (Å²) in [6, 6.07) is 15.9. The number of likely N-dealkylation sites (N-methyl/N-ethyl adjacent to an activating group) is 1. The normalized spacial score (nSPS) is 14.5. The number of nitrogens with one attached hydrogen (secondary N) is 1. The largest absolute Gasteiger partial charge is 0.342 e. The molecule has 12 heteroatoms. The Balaban J connectivity index is 1.25. The number of fused-ring (bicyclic) bond motifs is 2. The zero-order valence-electron chi connectivity index (χ0n) is 28.1. The smallest absolute Gasteiger partial charge is 0.267 e. The van der Waals surface area contributed by atoms with Crippen molar-refractivity contribution in [3.63, 3.8) is 0 Å². The van der Waals surface area contributed by atoms with Crippen LogP contribution >= 0.6 is 0 Å². The van der Waals surface area contributed by atoms with E-state index < -0.39 is 6.04 Å². The highest BCUT2D eigenvalue weighted by atomic mass is 16.2. The summed E-state index contributed by atoms with van der Waals surface area (Å²) in [7, 11) is 4.10. The van der Waals surface area contributed by atoms with Crippen LogP contribution in [0.15, 0.2) is 78.0 Å². The molecule has 12 nitrogen and oxygen atoms in total. The molecule has 1 N–H and O–H groups in total. The van der Waals surface area contributed by atoms with E-state index in [0.717, 1.165) is 50.4 Å². The van der Waals surface area contributed by atoms with Gasteiger partial charge in [0.2, 0.25) is 0 Å². The molecule has 5 heterocycles. The van der Waals surface area contributed by atoms with Crippen LogP contribution < -0.4 is 10.9 Å². The standard InChI is InChI=1S/C37H38N10O2/c1-25-32(35-38-17-9-18-46(35)42-25)36(48)40-26(2)34-41-30-13-8-10-27(33(30)37(49)47(34)29-11-6-5-7-12-29)14-15-28-24-39-44(4)31(28)16-19-45-22-20-43(3)21-23-45/h5-13,17-18,24,26H,16,19-23H2,1-4H3,(H,40,48)/t26-/m1/s1. The molecule has 0 bridgehead atoms. The number of piperazine rings is 1. The fourth-order valence-corrected chi connectivity index (χ4v) is 6.40. The summed E-state index contributed by atoms with van der Waals surface area (Å²) in [5.74, 6) is 6.63. The van der Waals surface area contributed by atoms with Crippen LogP contribution in [0.3, 0.4) is 0 Å². The quantitative estimate of drug-likeness (QED) is 0.261. The number of amides is 1. The molecule has 0 saturated carbocycles. The van der Waals surface area contributed by atoms with Crippen LogP contribution in [0.2, 0.25) is 0 Å². The molecule has 6 aromatic rings. The zero-order valence-corrected chi connectivity index (χ0v) is 28.1. The number of hydrogen-bond donors (Lipinski definition) is 1. The fourth-order valence-electron chi connectivity index (χ4n) is 6.40. The molecule has 1 fully saturated rings. The number of hydrogen-bond acceptors (Lipinski definition) is 8. The summed E-state index contributed by atoms with van der Waals surface area (Å²) >= 11 is 0. The average Bonchev–Trinajstić information content (AvgIpc) is 3.64. The van der Waals surface area contributed by atoms with Crippen LogP contribution in [-0.4, -0.2) is 89.4 Å². The number of aryl methyl sites for hydroxylation is 2. The number of carbonyl (C=O) groups excluding carboxylic acids is 1. The van der Waals surface area contributed by atoms with Crippen molar-refractivity contribution < 1.29 is 4.79 Å². The number of benzene rings is 2. The molecule has 248 valence electrons. The second-order valence-corrected chi connectivity index (χ2v) is 12.5. The van der Waals surface area contributed by atoms with Crippen molar-refractivity contribution in [1.82, 2.24) is 49.0 Å². The van der Waals surface area contributed by atoms with Crippen LogP contribution in [0.25, 0.3) is 22.2 Å². The fraction of sp³-hybridized carbons (Fsp3) is 0.297. The van der Waals surface area contributed by atoms with E-state index in [0.29, 0.717) is 44.9 Å². The lowest BCUT2D eigenvalue weighted by molar-refractivity contribution is 0.0938. The van der Waals surface area contributed by atoms with Gasteiger partial charge in [0.1, 0.15) is 11.4 Å². The maximum Gasteiger partial charge on any atom is 0.267 e. The maximum absolute atomic E-state index is 14.5. The Morgan fingerprint density at radius 2 is 1.76 bits per heavy atom. The van der Waals surface area contributed by atoms with Gasteiger partial charge < -0.3 is 15.1 Å². The van der Waals surface area contributed by atoms with Crippen LogP contribution in [0, 0.1) is 18.8 Å². The van der Waals surface area contributed by atoms with Crippen LogP contribution in [0.4, 0.5) is 0 Å². The molecule has 0 radical (unpaired) electrons. The van der Waals surface area contributed by atoms with Gasteiger partial charge in [0.15, 0.2) is 5.65 Å². The first-order valence-electron chi connectivity index (χ1n) is 16.4. The minimum absolute atomic E-state index is 0.271. The Kier molecular flexibility index (Phi) is 8.78. The molecular formula is C37H38N10O2. The highest BCUT2D eigenvalue weighted by molar-refractivity contribution is 6.01. The topological polar surface area (TPSA) is 118 Å². The second-order valence-electron chi connectivity index (χ2n) is 12.5. The molecule has 0 spiro atoms. The van der Waals surface area contributed by atoms with Crippen molar-refractivity contribution in [1.29, 1.82) is 0 Å². The monoisotopic (exact) mass is 654 g/mol. The molecule has 1 atom stereocenters. The summed E-state index contributed by atoms with van der Waals surface area (Å²) in [5.41, 5.74) is 4.72. The summed E-state index contributed by atoms with van der Waals surface area (Å²) in [6.45, 7) is 8.76. The van der Waals surface area contributed by atoms with Gasteiger partial charge >= 0.3 is 0 Å². The summed E-state index contributed by atoms with van der Waals surface area (Å²) < 4.78 is 5.03. The summed E-state index contributed by atoms with van der Waals surface area (Å²) in [4.78, 5) is 42.3. The van der Waals surface area contributed by atoms with E-state index in [4.69, 9.17) is 4.98 Å². The highest BCUT2D eigenvalue weighted by Crippen LogP contribution is 2.22. The van der Waals surface area contributed by atoms with E-state index in [1.165, 1.54) is 0 Å². The molecule has 0 aliphatic carbocycles. The number of para-hydroxylation sites is 1. The number of rotatable bonds is 7. The Morgan fingerprint density at radius 3 is 2.55 bits per heavy atom. The minimum atomic E-state index is -0.643. The van der Waals surface area contributed by atoms with Gasteiger partial charge in [0.05, 0.1) is 45.8 Å². The number of aromatic nitrogens is 7. The van der Waals surface area contributed by atoms with Gasteiger partial charge in [-0.2, -0.15) is 10.2 Å². The molecule has 1 aliphatic rings. The average molecular weight is 655 g/mol. The molecule has 1 saturated heterocycles. The maximum atomic E-state index is 14.5. The molecule has 49 heavy (non-hydrogen) atoms. The van der Waals surface area contributed by atoms with Crippen molar-refractivity contribution >= 4 is 22.5 Å². The Morgan fingerprint density at radius 1 is 0.980 bits per heavy atom. The molecular weight excluding hydrogens is 616 g/mol. The van der Waals surface area contributed by atoms with Gasteiger partial charge in [-0.15, -0.1) is 0 Å². The molecule has 4 aromatic heterocycles. The molecule has 1 aliphatic heterocycles. The molecule has 1 amide bonds. The SMILES string of the molecule is Cc1nn2cccnc2c1C(=O)N[C@H](C)c1nc2cccc(C#Cc3cnn(C)c3CCN3CCN(C)CC3)c2c(=O)n1-c1ccccc1. The number of carbonyl (C=O) groups is 1. The van der Waals surface area contributed by atoms with E-state index in [-0.39, 0.29) is 11.5 Å². The Bertz CT molecular complexity index is 2290. The molecule has 2 aromatic carbocycles. The lowest BCUT2D eigenvalue weighted by Gasteiger charge is -2.32. The van der Waals surface area contributed by atoms with Crippen molar-refractivity contribution in [2.45, 2.75) is 26.3 Å². The van der Waals surface area contributed by atoms with Crippen LogP contribution in [-0.2, 0) is 13.5 Å². The Hall–Kier alpha value is -5.64. The van der Waals surface area contributed by atoms with E-state index in [1.54, 1.807) is 46.7 Å². The van der Waals surface area contributed by atoms with Gasteiger partial charge in [-0.25, -0.2) is 14.5 Å². The van der Waals surface area contributed by atoms with E-state index in [9.17, 15) is 9.59 Å². The second kappa shape index (κ2) is 13.5. The lowest BCUT2D eigenvalue weighted by atomic mass is 10.1. The van der Waals surface area contributed by atoms with E-state index in [1.807, 2.05) is 61.1 Å². The molecule has 7 rings (SSSR count). The summed E-state index contributed by atoms with van der Waals surface area (Å²) in [6.07, 6.45) is 6.00. The predicted molar refractivity (Wildman–Crippen MR) is 188 cm³/mol. The minimum Gasteiger partial charge on any atom is -0.342 e. The third-order valence-corrected chi connectivity index (χ3v) is 9.12. The van der Waals surface area contributed by atoms with Gasteiger partial charge in [0.25, 0.3) is 11.5 Å². The van der Waals surface area contributed by atoms with E-state index in [2.05, 4.69) is 49.2 Å². The van der Waals surface area contributed by atoms with E-state index >= 15 is 0 Å². The van der Waals surface area contributed by atoms with Crippen molar-refractivity contribution in [3.05, 3.63) is 117 Å². The number of nitrogens with zero attached hydrogens (tertiary/aromatic N) is 9. The summed E-state index contributed by atoms with van der Waals surface area (Å²) in [5, 5.41) is 12.4. The van der Waals surface area contributed by atoms with Gasteiger partial charge in [-0.3, -0.25) is 18.8 Å². The van der Waals surface area contributed by atoms with Gasteiger partial charge in [0, 0.05) is 64.1 Å². The first kappa shape index (κ1) is 31.9.